The zero-order valence-corrected chi connectivity index (χ0v) is 45.0. The van der Waals surface area contributed by atoms with Gasteiger partial charge in [-0.2, -0.15) is 0 Å². The van der Waals surface area contributed by atoms with Crippen LogP contribution in [-0.4, -0.2) is 89.6 Å². The molecule has 0 aliphatic carbocycles. The Morgan fingerprint density at radius 3 is 1.31 bits per heavy atom. The van der Waals surface area contributed by atoms with Crippen LogP contribution < -0.4 is 0 Å². The highest BCUT2D eigenvalue weighted by molar-refractivity contribution is 5.69. The highest BCUT2D eigenvalue weighted by Gasteiger charge is 2.44. The van der Waals surface area contributed by atoms with Crippen molar-refractivity contribution in [2.75, 3.05) is 26.4 Å². The number of carbonyl (C=O) groups excluding carboxylic acids is 1. The van der Waals surface area contributed by atoms with E-state index in [1.165, 1.54) is 154 Å². The summed E-state index contributed by atoms with van der Waals surface area (Å²) in [6.45, 7) is 4.45. The highest BCUT2D eigenvalue weighted by atomic mass is 16.7. The van der Waals surface area contributed by atoms with Crippen LogP contribution in [0.4, 0.5) is 0 Å². The van der Waals surface area contributed by atoms with Crippen LogP contribution in [0.15, 0.2) is 72.9 Å². The van der Waals surface area contributed by atoms with E-state index in [9.17, 15) is 25.2 Å². The fourth-order valence-electron chi connectivity index (χ4n) is 8.63. The number of rotatable bonds is 50. The van der Waals surface area contributed by atoms with Gasteiger partial charge in [-0.05, 0) is 83.5 Å². The molecule has 6 atom stereocenters. The maximum absolute atomic E-state index is 12.9. The molecule has 4 N–H and O–H groups in total. The van der Waals surface area contributed by atoms with Crippen LogP contribution in [0, 0.1) is 0 Å². The second-order valence-electron chi connectivity index (χ2n) is 19.7. The van der Waals surface area contributed by atoms with Gasteiger partial charge in [-0.1, -0.05) is 228 Å². The monoisotopic (exact) mass is 985 g/mol. The maximum atomic E-state index is 12.9. The first-order chi connectivity index (χ1) is 34.4. The van der Waals surface area contributed by atoms with Gasteiger partial charge in [0.2, 0.25) is 0 Å². The van der Waals surface area contributed by atoms with Crippen LogP contribution in [-0.2, 0) is 23.7 Å². The van der Waals surface area contributed by atoms with Gasteiger partial charge in [0.05, 0.1) is 19.8 Å². The van der Waals surface area contributed by atoms with Crippen LogP contribution in [0.25, 0.3) is 0 Å². The standard InChI is InChI=1S/C61H108O9/c1-3-5-7-9-11-13-15-17-19-21-23-25-27-29-31-33-35-37-39-41-43-45-47-49-51-67-53-55(54-68-61-60(66)59(65)58(64)56(52-62)70-61)69-57(63)50-48-46-44-42-40-38-36-34-32-30-28-26-24-22-20-18-16-14-12-10-8-6-4-2/h6,8,12,14-15,17-18,20-21,23-24,26,55-56,58-62,64-66H,3-5,7,9-11,13,16,19,22,25,27-54H2,1-2H3/b8-6-,14-12-,17-15-,20-18-,23-21-,26-24-. The van der Waals surface area contributed by atoms with Gasteiger partial charge in [-0.15, -0.1) is 0 Å². The Morgan fingerprint density at radius 2 is 0.871 bits per heavy atom. The summed E-state index contributed by atoms with van der Waals surface area (Å²) in [6, 6.07) is 0. The Balaban J connectivity index is 2.16. The van der Waals surface area contributed by atoms with Crippen molar-refractivity contribution < 1.29 is 44.2 Å². The summed E-state index contributed by atoms with van der Waals surface area (Å²) in [5.41, 5.74) is 0. The molecular formula is C61H108O9. The molecule has 9 nitrogen and oxygen atoms in total. The zero-order chi connectivity index (χ0) is 50.6. The summed E-state index contributed by atoms with van der Waals surface area (Å²) in [5, 5.41) is 40.4. The van der Waals surface area contributed by atoms with E-state index in [4.69, 9.17) is 18.9 Å². The third-order valence-corrected chi connectivity index (χ3v) is 13.1. The second kappa shape index (κ2) is 51.5. The van der Waals surface area contributed by atoms with Crippen molar-refractivity contribution in [2.24, 2.45) is 0 Å². The molecule has 406 valence electrons. The molecule has 0 aromatic rings. The minimum absolute atomic E-state index is 0.117. The van der Waals surface area contributed by atoms with Gasteiger partial charge in [0, 0.05) is 13.0 Å². The number of aliphatic hydroxyl groups is 4. The number of aliphatic hydroxyl groups excluding tert-OH is 4. The minimum Gasteiger partial charge on any atom is -0.457 e. The second-order valence-corrected chi connectivity index (χ2v) is 19.7. The van der Waals surface area contributed by atoms with Gasteiger partial charge in [0.15, 0.2) is 6.29 Å². The number of hydrogen-bond donors (Lipinski definition) is 4. The van der Waals surface area contributed by atoms with Crippen molar-refractivity contribution in [1.82, 2.24) is 0 Å². The van der Waals surface area contributed by atoms with Crippen molar-refractivity contribution >= 4 is 5.97 Å². The molecule has 9 heteroatoms. The fraction of sp³-hybridized carbons (Fsp3) is 0.787. The summed E-state index contributed by atoms with van der Waals surface area (Å²) in [4.78, 5) is 12.9. The number of hydrogen-bond acceptors (Lipinski definition) is 9. The molecule has 1 aliphatic heterocycles. The summed E-state index contributed by atoms with van der Waals surface area (Å²) in [5.74, 6) is -0.318. The van der Waals surface area contributed by atoms with E-state index in [1.807, 2.05) is 0 Å². The molecule has 0 amide bonds. The molecule has 1 heterocycles. The lowest BCUT2D eigenvalue weighted by Gasteiger charge is -2.39. The van der Waals surface area contributed by atoms with E-state index < -0.39 is 43.4 Å². The molecule has 70 heavy (non-hydrogen) atoms. The maximum Gasteiger partial charge on any atom is 0.306 e. The summed E-state index contributed by atoms with van der Waals surface area (Å²) in [7, 11) is 0. The molecule has 1 aliphatic rings. The number of allylic oxidation sites excluding steroid dienone is 12. The molecule has 1 fully saturated rings. The number of unbranched alkanes of at least 4 members (excludes halogenated alkanes) is 27. The average Bonchev–Trinajstić information content (AvgIpc) is 3.36. The van der Waals surface area contributed by atoms with Crippen LogP contribution in [0.1, 0.15) is 245 Å². The topological polar surface area (TPSA) is 135 Å². The van der Waals surface area contributed by atoms with E-state index >= 15 is 0 Å². The van der Waals surface area contributed by atoms with E-state index in [2.05, 4.69) is 86.8 Å². The Morgan fingerprint density at radius 1 is 0.471 bits per heavy atom. The molecule has 0 aromatic carbocycles. The van der Waals surface area contributed by atoms with Gasteiger partial charge < -0.3 is 39.4 Å². The van der Waals surface area contributed by atoms with Crippen molar-refractivity contribution in [3.05, 3.63) is 72.9 Å². The van der Waals surface area contributed by atoms with E-state index in [0.29, 0.717) is 13.0 Å². The molecule has 1 saturated heterocycles. The molecule has 6 unspecified atom stereocenters. The lowest BCUT2D eigenvalue weighted by Crippen LogP contribution is -2.59. The molecular weight excluding hydrogens is 877 g/mol. The minimum atomic E-state index is -1.54. The van der Waals surface area contributed by atoms with Crippen molar-refractivity contribution in [1.29, 1.82) is 0 Å². The van der Waals surface area contributed by atoms with Crippen LogP contribution in [0.2, 0.25) is 0 Å². The highest BCUT2D eigenvalue weighted by Crippen LogP contribution is 2.23. The smallest absolute Gasteiger partial charge is 0.306 e. The SMILES string of the molecule is CC/C=C\C/C=C\C/C=C\C/C=C\CCCCCCCCCCCCC(=O)OC(COCCCCCCCCCCCCCC/C=C\C/C=C\CCCCCCC)COC1OC(CO)C(O)C(O)C1O. The average molecular weight is 986 g/mol. The quantitative estimate of drug-likeness (QED) is 0.0267. The normalized spacial score (nSPS) is 19.4. The Hall–Kier alpha value is -2.37. The largest absolute Gasteiger partial charge is 0.457 e. The zero-order valence-electron chi connectivity index (χ0n) is 45.0. The predicted octanol–water partition coefficient (Wildman–Crippen LogP) is 15.2. The van der Waals surface area contributed by atoms with Gasteiger partial charge >= 0.3 is 5.97 Å². The molecule has 0 saturated carbocycles. The van der Waals surface area contributed by atoms with Crippen LogP contribution in [0.3, 0.4) is 0 Å². The van der Waals surface area contributed by atoms with Crippen LogP contribution >= 0.6 is 0 Å². The Bertz CT molecular complexity index is 1310. The number of ether oxygens (including phenoxy) is 4. The molecule has 1 rings (SSSR count). The summed E-state index contributed by atoms with van der Waals surface area (Å²) in [6.07, 6.45) is 62.3. The van der Waals surface area contributed by atoms with E-state index in [1.54, 1.807) is 0 Å². The third kappa shape index (κ3) is 41.1. The number of esters is 1. The van der Waals surface area contributed by atoms with Crippen molar-refractivity contribution in [3.8, 4) is 0 Å². The van der Waals surface area contributed by atoms with Crippen molar-refractivity contribution in [2.45, 2.75) is 282 Å². The summed E-state index contributed by atoms with van der Waals surface area (Å²) >= 11 is 0. The summed E-state index contributed by atoms with van der Waals surface area (Å²) < 4.78 is 23.0. The van der Waals surface area contributed by atoms with Gasteiger partial charge in [-0.25, -0.2) is 0 Å². The third-order valence-electron chi connectivity index (χ3n) is 13.1. The molecule has 0 bridgehead atoms. The molecule has 0 spiro atoms. The first-order valence-electron chi connectivity index (χ1n) is 29.0. The van der Waals surface area contributed by atoms with Gasteiger partial charge in [-0.3, -0.25) is 4.79 Å². The Labute approximate surface area is 429 Å². The lowest BCUT2D eigenvalue weighted by atomic mass is 9.99. The first-order valence-corrected chi connectivity index (χ1v) is 29.0. The lowest BCUT2D eigenvalue weighted by molar-refractivity contribution is -0.305. The van der Waals surface area contributed by atoms with E-state index in [0.717, 1.165) is 70.6 Å². The number of carbonyl (C=O) groups is 1. The van der Waals surface area contributed by atoms with E-state index in [-0.39, 0.29) is 19.2 Å². The predicted molar refractivity (Wildman–Crippen MR) is 293 cm³/mol. The Kier molecular flexibility index (Phi) is 48.3. The van der Waals surface area contributed by atoms with Gasteiger partial charge in [0.25, 0.3) is 0 Å². The fourth-order valence-corrected chi connectivity index (χ4v) is 8.63. The molecule has 0 aromatic heterocycles. The first kappa shape index (κ1) is 65.6. The molecule has 0 radical (unpaired) electrons. The van der Waals surface area contributed by atoms with Crippen molar-refractivity contribution in [3.63, 3.8) is 0 Å². The van der Waals surface area contributed by atoms with Gasteiger partial charge in [0.1, 0.15) is 30.5 Å². The van der Waals surface area contributed by atoms with Crippen LogP contribution in [0.5, 0.6) is 0 Å².